The fourth-order valence-corrected chi connectivity index (χ4v) is 1.27. The zero-order valence-corrected chi connectivity index (χ0v) is 10.6. The van der Waals surface area contributed by atoms with Crippen molar-refractivity contribution in [2.75, 3.05) is 6.54 Å². The number of benzene rings is 1. The van der Waals surface area contributed by atoms with E-state index in [1.807, 2.05) is 0 Å². The molecule has 0 bridgehead atoms. The highest BCUT2D eigenvalue weighted by Crippen LogP contribution is 2.10. The third-order valence-corrected chi connectivity index (χ3v) is 2.55. The second-order valence-corrected chi connectivity index (χ2v) is 4.31. The van der Waals surface area contributed by atoms with Gasteiger partial charge < -0.3 is 10.4 Å². The normalized spacial score (nSPS) is 12.3. The van der Waals surface area contributed by atoms with Crippen LogP contribution in [0.5, 0.6) is 0 Å². The van der Waals surface area contributed by atoms with Gasteiger partial charge in [-0.05, 0) is 23.8 Å². The molecule has 1 atom stereocenters. The molecule has 5 heteroatoms. The van der Waals surface area contributed by atoms with Crippen molar-refractivity contribution in [3.63, 3.8) is 0 Å². The highest BCUT2D eigenvalue weighted by Gasteiger charge is 2.10. The Hall–Kier alpha value is -1.81. The SMILES string of the molecule is CC(CNC(=O)C=Cc1ccc(Cl)cc1)C(=O)O. The molecule has 0 aliphatic heterocycles. The lowest BCUT2D eigenvalue weighted by molar-refractivity contribution is -0.141. The summed E-state index contributed by atoms with van der Waals surface area (Å²) in [7, 11) is 0. The summed E-state index contributed by atoms with van der Waals surface area (Å²) in [5, 5.41) is 11.8. The van der Waals surface area contributed by atoms with Crippen LogP contribution in [-0.2, 0) is 9.59 Å². The maximum absolute atomic E-state index is 11.4. The van der Waals surface area contributed by atoms with Crippen molar-refractivity contribution < 1.29 is 14.7 Å². The van der Waals surface area contributed by atoms with Crippen molar-refractivity contribution in [1.82, 2.24) is 5.32 Å². The average Bonchev–Trinajstić information content (AvgIpc) is 2.35. The minimum atomic E-state index is -0.933. The number of carbonyl (C=O) groups is 2. The number of carbonyl (C=O) groups excluding carboxylic acids is 1. The summed E-state index contributed by atoms with van der Waals surface area (Å²) in [6.07, 6.45) is 2.99. The van der Waals surface area contributed by atoms with Gasteiger partial charge in [0.15, 0.2) is 0 Å². The molecule has 0 fully saturated rings. The lowest BCUT2D eigenvalue weighted by atomic mass is 10.2. The van der Waals surface area contributed by atoms with E-state index >= 15 is 0 Å². The van der Waals surface area contributed by atoms with Crippen LogP contribution in [0.4, 0.5) is 0 Å². The number of halogens is 1. The summed E-state index contributed by atoms with van der Waals surface area (Å²) in [5.41, 5.74) is 0.848. The van der Waals surface area contributed by atoms with Gasteiger partial charge >= 0.3 is 5.97 Å². The molecule has 2 N–H and O–H groups in total. The molecule has 1 aromatic rings. The molecule has 0 radical (unpaired) electrons. The lowest BCUT2D eigenvalue weighted by Gasteiger charge is -2.05. The van der Waals surface area contributed by atoms with Gasteiger partial charge in [-0.3, -0.25) is 9.59 Å². The molecule has 0 spiro atoms. The Bertz CT molecular complexity index is 454. The first-order chi connectivity index (χ1) is 8.49. The first-order valence-corrected chi connectivity index (χ1v) is 5.81. The maximum Gasteiger partial charge on any atom is 0.308 e. The fourth-order valence-electron chi connectivity index (χ4n) is 1.15. The van der Waals surface area contributed by atoms with Gasteiger partial charge in [0, 0.05) is 17.6 Å². The number of rotatable bonds is 5. The third-order valence-electron chi connectivity index (χ3n) is 2.30. The highest BCUT2D eigenvalue weighted by atomic mass is 35.5. The van der Waals surface area contributed by atoms with Crippen molar-refractivity contribution in [1.29, 1.82) is 0 Å². The molecule has 96 valence electrons. The quantitative estimate of drug-likeness (QED) is 0.804. The van der Waals surface area contributed by atoms with Gasteiger partial charge in [0.2, 0.25) is 5.91 Å². The van der Waals surface area contributed by atoms with Gasteiger partial charge in [-0.1, -0.05) is 30.7 Å². The van der Waals surface area contributed by atoms with E-state index in [4.69, 9.17) is 16.7 Å². The molecular formula is C13H14ClNO3. The smallest absolute Gasteiger partial charge is 0.308 e. The predicted molar refractivity (Wildman–Crippen MR) is 70.3 cm³/mol. The van der Waals surface area contributed by atoms with Crippen LogP contribution in [0, 0.1) is 5.92 Å². The molecule has 1 unspecified atom stereocenters. The standard InChI is InChI=1S/C13H14ClNO3/c1-9(13(17)18)8-15-12(16)7-4-10-2-5-11(14)6-3-10/h2-7,9H,8H2,1H3,(H,15,16)(H,17,18). The van der Waals surface area contributed by atoms with E-state index < -0.39 is 11.9 Å². The maximum atomic E-state index is 11.4. The molecule has 0 aromatic heterocycles. The molecule has 1 amide bonds. The molecule has 0 aliphatic rings. The van der Waals surface area contributed by atoms with Crippen molar-refractivity contribution in [3.8, 4) is 0 Å². The van der Waals surface area contributed by atoms with E-state index in [-0.39, 0.29) is 12.5 Å². The van der Waals surface area contributed by atoms with Crippen LogP contribution in [-0.4, -0.2) is 23.5 Å². The van der Waals surface area contributed by atoms with Crippen LogP contribution < -0.4 is 5.32 Å². The van der Waals surface area contributed by atoms with Crippen LogP contribution in [0.2, 0.25) is 5.02 Å². The van der Waals surface area contributed by atoms with E-state index in [2.05, 4.69) is 5.32 Å². The average molecular weight is 268 g/mol. The minimum absolute atomic E-state index is 0.110. The highest BCUT2D eigenvalue weighted by molar-refractivity contribution is 6.30. The molecule has 0 heterocycles. The van der Waals surface area contributed by atoms with Gasteiger partial charge in [0.25, 0.3) is 0 Å². The van der Waals surface area contributed by atoms with E-state index in [9.17, 15) is 9.59 Å². The summed E-state index contributed by atoms with van der Waals surface area (Å²) in [6, 6.07) is 7.02. The number of nitrogens with one attached hydrogen (secondary N) is 1. The predicted octanol–water partition coefficient (Wildman–Crippen LogP) is 2.19. The Kier molecular flexibility index (Phi) is 5.39. The second kappa shape index (κ2) is 6.81. The van der Waals surface area contributed by atoms with Crippen LogP contribution in [0.25, 0.3) is 6.08 Å². The summed E-state index contributed by atoms with van der Waals surface area (Å²) >= 11 is 5.73. The minimum Gasteiger partial charge on any atom is -0.481 e. The van der Waals surface area contributed by atoms with Gasteiger partial charge in [-0.2, -0.15) is 0 Å². The summed E-state index contributed by atoms with van der Waals surface area (Å²) < 4.78 is 0. The van der Waals surface area contributed by atoms with Gasteiger partial charge in [-0.25, -0.2) is 0 Å². The van der Waals surface area contributed by atoms with Crippen molar-refractivity contribution in [2.45, 2.75) is 6.92 Å². The Morgan fingerprint density at radius 2 is 2.00 bits per heavy atom. The van der Waals surface area contributed by atoms with Gasteiger partial charge in [0.1, 0.15) is 0 Å². The number of carboxylic acids is 1. The fraction of sp³-hybridized carbons (Fsp3) is 0.231. The van der Waals surface area contributed by atoms with E-state index in [0.717, 1.165) is 5.56 Å². The number of carboxylic acid groups (broad SMARTS) is 1. The van der Waals surface area contributed by atoms with Gasteiger partial charge in [0.05, 0.1) is 5.92 Å². The number of aliphatic carboxylic acids is 1. The summed E-state index contributed by atoms with van der Waals surface area (Å²) in [4.78, 5) is 21.9. The van der Waals surface area contributed by atoms with Gasteiger partial charge in [-0.15, -0.1) is 0 Å². The Balaban J connectivity index is 2.45. The van der Waals surface area contributed by atoms with Crippen molar-refractivity contribution >= 4 is 29.6 Å². The third kappa shape index (κ3) is 5.01. The second-order valence-electron chi connectivity index (χ2n) is 3.87. The summed E-state index contributed by atoms with van der Waals surface area (Å²) in [5.74, 6) is -1.85. The number of hydrogen-bond acceptors (Lipinski definition) is 2. The molecule has 0 aliphatic carbocycles. The van der Waals surface area contributed by atoms with Crippen LogP contribution in [0.3, 0.4) is 0 Å². The zero-order chi connectivity index (χ0) is 13.5. The van der Waals surface area contributed by atoms with Crippen molar-refractivity contribution in [3.05, 3.63) is 40.9 Å². The molecule has 1 aromatic carbocycles. The Morgan fingerprint density at radius 3 is 2.56 bits per heavy atom. The molecule has 18 heavy (non-hydrogen) atoms. The molecular weight excluding hydrogens is 254 g/mol. The number of hydrogen-bond donors (Lipinski definition) is 2. The van der Waals surface area contributed by atoms with Crippen LogP contribution in [0.1, 0.15) is 12.5 Å². The Morgan fingerprint density at radius 1 is 1.39 bits per heavy atom. The lowest BCUT2D eigenvalue weighted by Crippen LogP contribution is -2.30. The topological polar surface area (TPSA) is 66.4 Å². The Labute approximate surface area is 110 Å². The molecule has 1 rings (SSSR count). The van der Waals surface area contributed by atoms with Crippen LogP contribution >= 0.6 is 11.6 Å². The first-order valence-electron chi connectivity index (χ1n) is 5.43. The van der Waals surface area contributed by atoms with Crippen LogP contribution in [0.15, 0.2) is 30.3 Å². The molecule has 0 saturated heterocycles. The largest absolute Gasteiger partial charge is 0.481 e. The first kappa shape index (κ1) is 14.3. The van der Waals surface area contributed by atoms with E-state index in [0.29, 0.717) is 5.02 Å². The van der Waals surface area contributed by atoms with E-state index in [1.165, 1.54) is 13.0 Å². The molecule has 4 nitrogen and oxygen atoms in total. The monoisotopic (exact) mass is 267 g/mol. The summed E-state index contributed by atoms with van der Waals surface area (Å²) in [6.45, 7) is 1.64. The zero-order valence-electron chi connectivity index (χ0n) is 9.89. The molecule has 0 saturated carbocycles. The van der Waals surface area contributed by atoms with E-state index in [1.54, 1.807) is 30.3 Å². The van der Waals surface area contributed by atoms with Crippen molar-refractivity contribution in [2.24, 2.45) is 5.92 Å². The number of amides is 1.